The molecule has 4 aromatic rings. The summed E-state index contributed by atoms with van der Waals surface area (Å²) in [4.78, 5) is 28.5. The number of carboxylic acids is 1. The van der Waals surface area contributed by atoms with E-state index in [1.54, 1.807) is 30.6 Å². The fourth-order valence-corrected chi connectivity index (χ4v) is 6.56. The lowest BCUT2D eigenvalue weighted by molar-refractivity contribution is -0.138. The van der Waals surface area contributed by atoms with E-state index in [1.807, 2.05) is 26.5 Å². The normalized spacial score (nSPS) is 23.6. The van der Waals surface area contributed by atoms with Crippen LogP contribution in [0.2, 0.25) is 0 Å². The quantitative estimate of drug-likeness (QED) is 0.350. The summed E-state index contributed by atoms with van der Waals surface area (Å²) in [6, 6.07) is 9.69. The second-order valence-corrected chi connectivity index (χ2v) is 11.2. The highest BCUT2D eigenvalue weighted by Crippen LogP contribution is 2.72. The molecule has 7 rings (SSSR count). The van der Waals surface area contributed by atoms with Gasteiger partial charge in [-0.05, 0) is 18.6 Å². The molecule has 0 amide bonds. The molecule has 1 saturated heterocycles. The Morgan fingerprint density at radius 3 is 2.59 bits per heavy atom. The van der Waals surface area contributed by atoms with Gasteiger partial charge in [0.25, 0.3) is 0 Å². The summed E-state index contributed by atoms with van der Waals surface area (Å²) >= 11 is 0. The molecule has 12 heteroatoms. The summed E-state index contributed by atoms with van der Waals surface area (Å²) in [6.45, 7) is 1.53. The fraction of sp³-hybridized carbons (Fsp3) is 0.379. The SMILES string of the molecule is C[C@@]12C[C@@H]1c1nc3cc(F)c(-c4cnc(N5CCN(CC(=O)O)CC5)nc4)cc3n1[C@@H]2c1ccccc1OC(F)F. The van der Waals surface area contributed by atoms with Crippen molar-refractivity contribution in [2.45, 2.75) is 31.9 Å². The lowest BCUT2D eigenvalue weighted by Crippen LogP contribution is -2.48. The van der Waals surface area contributed by atoms with Gasteiger partial charge in [-0.2, -0.15) is 8.78 Å². The number of halogens is 3. The molecular weight excluding hydrogens is 537 g/mol. The number of ether oxygens (including phenoxy) is 1. The van der Waals surface area contributed by atoms with Crippen LogP contribution in [0.25, 0.3) is 22.2 Å². The number of para-hydroxylation sites is 1. The smallest absolute Gasteiger partial charge is 0.387 e. The Kier molecular flexibility index (Phi) is 5.93. The molecule has 2 fully saturated rings. The average Bonchev–Trinajstić information content (AvgIpc) is 3.40. The number of benzene rings is 2. The number of aliphatic carboxylic acids is 1. The Balaban J connectivity index is 1.22. The van der Waals surface area contributed by atoms with E-state index in [0.29, 0.717) is 59.9 Å². The van der Waals surface area contributed by atoms with Gasteiger partial charge in [-0.25, -0.2) is 19.3 Å². The van der Waals surface area contributed by atoms with Crippen LogP contribution in [0.5, 0.6) is 5.75 Å². The minimum atomic E-state index is -2.95. The minimum absolute atomic E-state index is 0.000724. The number of nitrogens with zero attached hydrogens (tertiary/aromatic N) is 6. The molecule has 1 aliphatic carbocycles. The molecule has 0 radical (unpaired) electrons. The van der Waals surface area contributed by atoms with E-state index in [0.717, 1.165) is 12.2 Å². The maximum absolute atomic E-state index is 15.4. The Morgan fingerprint density at radius 2 is 1.88 bits per heavy atom. The number of carboxylic acid groups (broad SMARTS) is 1. The molecule has 0 spiro atoms. The molecule has 41 heavy (non-hydrogen) atoms. The second-order valence-electron chi connectivity index (χ2n) is 11.2. The van der Waals surface area contributed by atoms with Crippen LogP contribution in [-0.2, 0) is 4.79 Å². The second kappa shape index (κ2) is 9.44. The van der Waals surface area contributed by atoms with Crippen LogP contribution >= 0.6 is 0 Å². The van der Waals surface area contributed by atoms with Crippen molar-refractivity contribution in [3.05, 3.63) is 66.0 Å². The zero-order valence-corrected chi connectivity index (χ0v) is 22.2. The van der Waals surface area contributed by atoms with E-state index in [2.05, 4.69) is 16.9 Å². The molecule has 3 aliphatic rings. The number of imidazole rings is 1. The van der Waals surface area contributed by atoms with Crippen LogP contribution in [0, 0.1) is 11.2 Å². The van der Waals surface area contributed by atoms with Gasteiger partial charge < -0.3 is 19.3 Å². The number of fused-ring (bicyclic) bond motifs is 5. The molecule has 0 bridgehead atoms. The number of rotatable bonds is 7. The number of anilines is 1. The Labute approximate surface area is 233 Å². The first kappa shape index (κ1) is 25.8. The third-order valence-electron chi connectivity index (χ3n) is 8.67. The van der Waals surface area contributed by atoms with Crippen molar-refractivity contribution in [1.29, 1.82) is 0 Å². The Bertz CT molecular complexity index is 1650. The molecule has 3 atom stereocenters. The fourth-order valence-electron chi connectivity index (χ4n) is 6.56. The highest BCUT2D eigenvalue weighted by molar-refractivity contribution is 5.84. The van der Waals surface area contributed by atoms with Gasteiger partial charge in [0.2, 0.25) is 5.95 Å². The van der Waals surface area contributed by atoms with Crippen molar-refractivity contribution in [1.82, 2.24) is 24.4 Å². The predicted molar refractivity (Wildman–Crippen MR) is 144 cm³/mol. The van der Waals surface area contributed by atoms with Crippen LogP contribution in [0.15, 0.2) is 48.8 Å². The molecule has 2 aliphatic heterocycles. The van der Waals surface area contributed by atoms with Gasteiger partial charge in [0.05, 0.1) is 23.6 Å². The van der Waals surface area contributed by atoms with Gasteiger partial charge in [0.1, 0.15) is 17.4 Å². The summed E-state index contributed by atoms with van der Waals surface area (Å²) in [5.41, 5.74) is 2.48. The van der Waals surface area contributed by atoms with E-state index < -0.39 is 18.4 Å². The summed E-state index contributed by atoms with van der Waals surface area (Å²) in [6.07, 6.45) is 4.03. The van der Waals surface area contributed by atoms with Crippen molar-refractivity contribution >= 4 is 23.0 Å². The van der Waals surface area contributed by atoms with Gasteiger partial charge in [0, 0.05) is 72.7 Å². The summed E-state index contributed by atoms with van der Waals surface area (Å²) in [7, 11) is 0. The van der Waals surface area contributed by atoms with Gasteiger partial charge in [0.15, 0.2) is 0 Å². The van der Waals surface area contributed by atoms with Crippen molar-refractivity contribution < 1.29 is 27.8 Å². The monoisotopic (exact) mass is 564 g/mol. The first-order chi connectivity index (χ1) is 19.7. The molecule has 0 unspecified atom stereocenters. The Hall–Kier alpha value is -4.19. The minimum Gasteiger partial charge on any atom is -0.480 e. The summed E-state index contributed by atoms with van der Waals surface area (Å²) in [5, 5.41) is 9.01. The summed E-state index contributed by atoms with van der Waals surface area (Å²) in [5.74, 6) is 0.284. The average molecular weight is 565 g/mol. The molecule has 212 valence electrons. The number of piperazine rings is 1. The third-order valence-corrected chi connectivity index (χ3v) is 8.67. The summed E-state index contributed by atoms with van der Waals surface area (Å²) < 4.78 is 48.9. The first-order valence-corrected chi connectivity index (χ1v) is 13.5. The van der Waals surface area contributed by atoms with E-state index in [1.165, 1.54) is 6.07 Å². The van der Waals surface area contributed by atoms with Gasteiger partial charge in [-0.15, -0.1) is 0 Å². The van der Waals surface area contributed by atoms with Crippen molar-refractivity contribution in [3.63, 3.8) is 0 Å². The molecule has 1 N–H and O–H groups in total. The highest BCUT2D eigenvalue weighted by Gasteiger charge is 2.65. The van der Waals surface area contributed by atoms with Crippen molar-refractivity contribution in [3.8, 4) is 16.9 Å². The maximum atomic E-state index is 15.4. The maximum Gasteiger partial charge on any atom is 0.387 e. The molecule has 4 heterocycles. The standard InChI is InChI=1S/C29H27F3N6O3/c1-29-12-19(29)26-35-21-11-20(30)18(10-22(21)38(26)25(29)17-4-2-3-5-23(17)41-27(31)32)16-13-33-28(34-14-16)37-8-6-36(7-9-37)15-24(39)40/h2-5,10-11,13-14,19,25,27H,6-9,12,15H2,1H3,(H,39,40)/t19-,25-,29-/m1/s1. The number of alkyl halides is 2. The number of hydrogen-bond donors (Lipinski definition) is 1. The zero-order chi connectivity index (χ0) is 28.5. The zero-order valence-electron chi connectivity index (χ0n) is 22.2. The number of hydrogen-bond acceptors (Lipinski definition) is 7. The van der Waals surface area contributed by atoms with Crippen molar-refractivity contribution in [2.24, 2.45) is 5.41 Å². The van der Waals surface area contributed by atoms with Gasteiger partial charge in [-0.3, -0.25) is 9.69 Å². The Morgan fingerprint density at radius 1 is 1.15 bits per heavy atom. The lowest BCUT2D eigenvalue weighted by atomic mass is 9.91. The molecule has 2 aromatic carbocycles. The highest BCUT2D eigenvalue weighted by atomic mass is 19.3. The number of carbonyl (C=O) groups is 1. The van der Waals surface area contributed by atoms with Crippen LogP contribution < -0.4 is 9.64 Å². The van der Waals surface area contributed by atoms with E-state index >= 15 is 4.39 Å². The van der Waals surface area contributed by atoms with Gasteiger partial charge in [-0.1, -0.05) is 25.1 Å². The van der Waals surface area contributed by atoms with E-state index in [9.17, 15) is 13.6 Å². The lowest BCUT2D eigenvalue weighted by Gasteiger charge is -2.33. The molecule has 1 saturated carbocycles. The first-order valence-electron chi connectivity index (χ1n) is 13.5. The van der Waals surface area contributed by atoms with Gasteiger partial charge >= 0.3 is 12.6 Å². The van der Waals surface area contributed by atoms with E-state index in [4.69, 9.17) is 14.8 Å². The number of aromatic nitrogens is 4. The third kappa shape index (κ3) is 4.28. The van der Waals surface area contributed by atoms with Crippen LogP contribution in [0.4, 0.5) is 19.1 Å². The predicted octanol–water partition coefficient (Wildman–Crippen LogP) is 4.54. The largest absolute Gasteiger partial charge is 0.480 e. The van der Waals surface area contributed by atoms with Crippen LogP contribution in [0.1, 0.15) is 36.7 Å². The molecule has 9 nitrogen and oxygen atoms in total. The van der Waals surface area contributed by atoms with Crippen molar-refractivity contribution in [2.75, 3.05) is 37.6 Å². The molecular formula is C29H27F3N6O3. The van der Waals surface area contributed by atoms with Crippen LogP contribution in [0.3, 0.4) is 0 Å². The van der Waals surface area contributed by atoms with E-state index in [-0.39, 0.29) is 29.7 Å². The topological polar surface area (TPSA) is 96.6 Å². The van der Waals surface area contributed by atoms with Crippen LogP contribution in [-0.4, -0.2) is 74.8 Å². The molecule has 2 aromatic heterocycles.